The van der Waals surface area contributed by atoms with Crippen LogP contribution in [0.4, 0.5) is 4.79 Å². The molecule has 208 valence electrons. The van der Waals surface area contributed by atoms with Gasteiger partial charge in [0, 0.05) is 5.92 Å². The van der Waals surface area contributed by atoms with Crippen molar-refractivity contribution in [2.24, 2.45) is 17.6 Å². The fourth-order valence-corrected chi connectivity index (χ4v) is 4.25. The Morgan fingerprint density at radius 3 is 1.87 bits per heavy atom. The van der Waals surface area contributed by atoms with Gasteiger partial charge in [-0.2, -0.15) is 0 Å². The summed E-state index contributed by atoms with van der Waals surface area (Å²) in [5.74, 6) is -1.48. The van der Waals surface area contributed by atoms with Crippen LogP contribution in [0.15, 0.2) is 60.7 Å². The zero-order chi connectivity index (χ0) is 28.3. The molecule has 2 rings (SSSR count). The summed E-state index contributed by atoms with van der Waals surface area (Å²) in [7, 11) is 0. The van der Waals surface area contributed by atoms with E-state index in [0.717, 1.165) is 11.1 Å². The number of alkyl carbamates (subject to hydrolysis) is 1. The molecular weight excluding hydrogens is 482 g/mol. The van der Waals surface area contributed by atoms with Gasteiger partial charge in [-0.05, 0) is 63.5 Å². The lowest BCUT2D eigenvalue weighted by Gasteiger charge is -2.29. The molecule has 8 nitrogen and oxygen atoms in total. The lowest BCUT2D eigenvalue weighted by Crippen LogP contribution is -2.50. The summed E-state index contributed by atoms with van der Waals surface area (Å²) in [5.41, 5.74) is 6.69. The maximum atomic E-state index is 13.4. The van der Waals surface area contributed by atoms with Crippen molar-refractivity contribution in [2.75, 3.05) is 0 Å². The maximum Gasteiger partial charge on any atom is 0.407 e. The molecular formula is C30H43N3O5. The number of aliphatic hydroxyl groups is 1. The first-order valence-electron chi connectivity index (χ1n) is 13.2. The highest BCUT2D eigenvalue weighted by atomic mass is 16.6. The van der Waals surface area contributed by atoms with Crippen molar-refractivity contribution in [2.45, 2.75) is 84.1 Å². The molecule has 0 fully saturated rings. The van der Waals surface area contributed by atoms with Crippen LogP contribution in [0.1, 0.15) is 58.6 Å². The Morgan fingerprint density at radius 2 is 1.39 bits per heavy atom. The topological polar surface area (TPSA) is 131 Å². The molecule has 0 bridgehead atoms. The van der Waals surface area contributed by atoms with Crippen molar-refractivity contribution in [3.05, 3.63) is 71.8 Å². The number of hydrogen-bond donors (Lipinski definition) is 4. The molecule has 5 N–H and O–H groups in total. The number of ether oxygens (including phenoxy) is 1. The Hall–Kier alpha value is -3.39. The second-order valence-corrected chi connectivity index (χ2v) is 11.2. The van der Waals surface area contributed by atoms with Crippen molar-refractivity contribution in [1.29, 1.82) is 0 Å². The second kappa shape index (κ2) is 14.5. The lowest BCUT2D eigenvalue weighted by molar-refractivity contribution is -0.131. The van der Waals surface area contributed by atoms with E-state index in [2.05, 4.69) is 10.6 Å². The standard InChI is InChI=1S/C30H43N3O5/c1-20(2)16-25(27(31)35)32-28(36)23(17-21-12-8-6-9-13-21)19-26(34)24(18-22-14-10-7-11-15-22)33-29(37)38-30(3,4)5/h6-15,20,23-26,34H,16-19H2,1-5H3,(H2,31,35)(H,32,36)(H,33,37)/t23-,24-,25?,26-/m0/s1. The summed E-state index contributed by atoms with van der Waals surface area (Å²) in [6.45, 7) is 9.19. The van der Waals surface area contributed by atoms with Gasteiger partial charge in [-0.15, -0.1) is 0 Å². The number of nitrogens with one attached hydrogen (secondary N) is 2. The summed E-state index contributed by atoms with van der Waals surface area (Å²) >= 11 is 0. The van der Waals surface area contributed by atoms with Crippen LogP contribution in [0.25, 0.3) is 0 Å². The highest BCUT2D eigenvalue weighted by Crippen LogP contribution is 2.20. The van der Waals surface area contributed by atoms with Gasteiger partial charge in [0.2, 0.25) is 11.8 Å². The van der Waals surface area contributed by atoms with Gasteiger partial charge in [0.05, 0.1) is 12.1 Å². The largest absolute Gasteiger partial charge is 0.444 e. The van der Waals surface area contributed by atoms with Crippen molar-refractivity contribution in [1.82, 2.24) is 10.6 Å². The van der Waals surface area contributed by atoms with E-state index in [0.29, 0.717) is 19.3 Å². The van der Waals surface area contributed by atoms with Crippen LogP contribution >= 0.6 is 0 Å². The molecule has 1 unspecified atom stereocenters. The minimum Gasteiger partial charge on any atom is -0.444 e. The van der Waals surface area contributed by atoms with E-state index in [9.17, 15) is 19.5 Å². The van der Waals surface area contributed by atoms with E-state index in [1.165, 1.54) is 0 Å². The molecule has 3 amide bonds. The SMILES string of the molecule is CC(C)CC(NC(=O)[C@@H](Cc1ccccc1)C[C@H](O)[C@H](Cc1ccccc1)NC(=O)OC(C)(C)C)C(N)=O. The molecule has 0 aliphatic heterocycles. The molecule has 0 saturated carbocycles. The molecule has 0 radical (unpaired) electrons. The van der Waals surface area contributed by atoms with Crippen LogP contribution in [0.5, 0.6) is 0 Å². The summed E-state index contributed by atoms with van der Waals surface area (Å²) < 4.78 is 5.43. The third-order valence-corrected chi connectivity index (χ3v) is 6.05. The minimum absolute atomic E-state index is 0.0567. The van der Waals surface area contributed by atoms with E-state index < -0.39 is 41.7 Å². The molecule has 0 heterocycles. The summed E-state index contributed by atoms with van der Waals surface area (Å²) in [5, 5.41) is 17.0. The van der Waals surface area contributed by atoms with E-state index in [-0.39, 0.29) is 18.2 Å². The zero-order valence-electron chi connectivity index (χ0n) is 23.1. The fourth-order valence-electron chi connectivity index (χ4n) is 4.25. The molecule has 0 aromatic heterocycles. The van der Waals surface area contributed by atoms with Gasteiger partial charge in [0.25, 0.3) is 0 Å². The average Bonchev–Trinajstić information content (AvgIpc) is 2.82. The van der Waals surface area contributed by atoms with Gasteiger partial charge < -0.3 is 26.2 Å². The van der Waals surface area contributed by atoms with E-state index in [1.54, 1.807) is 20.8 Å². The number of amides is 3. The number of benzene rings is 2. The predicted molar refractivity (Wildman–Crippen MR) is 148 cm³/mol. The normalized spacial score (nSPS) is 14.7. The molecule has 0 aliphatic carbocycles. The smallest absolute Gasteiger partial charge is 0.407 e. The monoisotopic (exact) mass is 525 g/mol. The first kappa shape index (κ1) is 30.8. The van der Waals surface area contributed by atoms with Crippen LogP contribution in [0.2, 0.25) is 0 Å². The number of rotatable bonds is 13. The van der Waals surface area contributed by atoms with Gasteiger partial charge in [0.1, 0.15) is 11.6 Å². The van der Waals surface area contributed by atoms with Gasteiger partial charge in [-0.1, -0.05) is 74.5 Å². The number of primary amides is 1. The van der Waals surface area contributed by atoms with Crippen molar-refractivity contribution in [3.63, 3.8) is 0 Å². The Labute approximate surface area is 226 Å². The molecule has 2 aromatic rings. The van der Waals surface area contributed by atoms with Crippen molar-refractivity contribution < 1.29 is 24.2 Å². The average molecular weight is 526 g/mol. The number of aliphatic hydroxyl groups excluding tert-OH is 1. The molecule has 4 atom stereocenters. The van der Waals surface area contributed by atoms with E-state index in [1.807, 2.05) is 74.5 Å². The molecule has 0 spiro atoms. The number of carbonyl (C=O) groups is 3. The Morgan fingerprint density at radius 1 is 0.868 bits per heavy atom. The maximum absolute atomic E-state index is 13.4. The number of nitrogens with two attached hydrogens (primary N) is 1. The quantitative estimate of drug-likeness (QED) is 0.316. The van der Waals surface area contributed by atoms with E-state index >= 15 is 0 Å². The molecule has 38 heavy (non-hydrogen) atoms. The second-order valence-electron chi connectivity index (χ2n) is 11.2. The van der Waals surface area contributed by atoms with Crippen molar-refractivity contribution in [3.8, 4) is 0 Å². The highest BCUT2D eigenvalue weighted by molar-refractivity contribution is 5.87. The van der Waals surface area contributed by atoms with Crippen LogP contribution in [-0.2, 0) is 27.2 Å². The lowest BCUT2D eigenvalue weighted by atomic mass is 9.88. The first-order valence-corrected chi connectivity index (χ1v) is 13.2. The number of hydrogen-bond acceptors (Lipinski definition) is 5. The molecule has 0 saturated heterocycles. The molecule has 2 aromatic carbocycles. The Bertz CT molecular complexity index is 1020. The third-order valence-electron chi connectivity index (χ3n) is 6.05. The van der Waals surface area contributed by atoms with Gasteiger partial charge in [0.15, 0.2) is 0 Å². The van der Waals surface area contributed by atoms with Crippen molar-refractivity contribution >= 4 is 17.9 Å². The van der Waals surface area contributed by atoms with Crippen LogP contribution in [-0.4, -0.2) is 46.8 Å². The fraction of sp³-hybridized carbons (Fsp3) is 0.500. The number of carbonyl (C=O) groups excluding carboxylic acids is 3. The van der Waals surface area contributed by atoms with E-state index in [4.69, 9.17) is 10.5 Å². The Kier molecular flexibility index (Phi) is 11.8. The van der Waals surface area contributed by atoms with Crippen LogP contribution in [0.3, 0.4) is 0 Å². The summed E-state index contributed by atoms with van der Waals surface area (Å²) in [6.07, 6.45) is -0.550. The van der Waals surface area contributed by atoms with Crippen LogP contribution in [0, 0.1) is 11.8 Å². The zero-order valence-corrected chi connectivity index (χ0v) is 23.1. The summed E-state index contributed by atoms with van der Waals surface area (Å²) in [4.78, 5) is 38.1. The first-order chi connectivity index (χ1) is 17.8. The van der Waals surface area contributed by atoms with Gasteiger partial charge >= 0.3 is 6.09 Å². The Balaban J connectivity index is 2.28. The molecule has 0 aliphatic rings. The van der Waals surface area contributed by atoms with Crippen LogP contribution < -0.4 is 16.4 Å². The van der Waals surface area contributed by atoms with Gasteiger partial charge in [-0.25, -0.2) is 4.79 Å². The molecule has 8 heteroatoms. The van der Waals surface area contributed by atoms with Gasteiger partial charge in [-0.3, -0.25) is 9.59 Å². The third kappa shape index (κ3) is 11.3. The predicted octanol–water partition coefficient (Wildman–Crippen LogP) is 3.75. The summed E-state index contributed by atoms with van der Waals surface area (Å²) in [6, 6.07) is 17.4. The minimum atomic E-state index is -1.07. The highest BCUT2D eigenvalue weighted by Gasteiger charge is 2.31.